The fraction of sp³-hybridized carbons (Fsp3) is 0.640. The third-order valence-electron chi connectivity index (χ3n) is 5.80. The number of carbonyl (C=O) groups excluding carboxylic acids is 2. The van der Waals surface area contributed by atoms with E-state index in [0.717, 1.165) is 31.8 Å². The summed E-state index contributed by atoms with van der Waals surface area (Å²) < 4.78 is 0. The van der Waals surface area contributed by atoms with E-state index in [2.05, 4.69) is 48.5 Å². The van der Waals surface area contributed by atoms with E-state index in [4.69, 9.17) is 0 Å². The van der Waals surface area contributed by atoms with Gasteiger partial charge in [-0.3, -0.25) is 14.6 Å². The average molecular weight is 444 g/mol. The number of piperazine rings is 1. The third kappa shape index (κ3) is 8.89. The molecule has 32 heavy (non-hydrogen) atoms. The fourth-order valence-corrected chi connectivity index (χ4v) is 3.85. The monoisotopic (exact) mass is 443 g/mol. The molecule has 1 fully saturated rings. The predicted molar refractivity (Wildman–Crippen MR) is 130 cm³/mol. The molecule has 1 heterocycles. The summed E-state index contributed by atoms with van der Waals surface area (Å²) in [7, 11) is 1.78. The normalized spacial score (nSPS) is 15.6. The highest BCUT2D eigenvalue weighted by Gasteiger charge is 2.23. The first kappa shape index (κ1) is 25.7. The molecule has 1 aromatic rings. The van der Waals surface area contributed by atoms with Crippen LogP contribution in [0.5, 0.6) is 0 Å². The van der Waals surface area contributed by atoms with E-state index in [0.29, 0.717) is 44.9 Å². The summed E-state index contributed by atoms with van der Waals surface area (Å²) in [6.07, 6.45) is 4.05. The van der Waals surface area contributed by atoms with Crippen molar-refractivity contribution in [2.24, 2.45) is 10.9 Å². The largest absolute Gasteiger partial charge is 0.356 e. The zero-order valence-electron chi connectivity index (χ0n) is 20.3. The number of guanidine groups is 1. The van der Waals surface area contributed by atoms with Crippen molar-refractivity contribution in [1.82, 2.24) is 20.4 Å². The van der Waals surface area contributed by atoms with E-state index in [-0.39, 0.29) is 17.9 Å². The van der Waals surface area contributed by atoms with Crippen molar-refractivity contribution in [1.29, 1.82) is 0 Å². The molecular formula is C25H41N5O2. The van der Waals surface area contributed by atoms with Gasteiger partial charge < -0.3 is 20.4 Å². The molecule has 0 aliphatic carbocycles. The average Bonchev–Trinajstić information content (AvgIpc) is 2.80. The van der Waals surface area contributed by atoms with Gasteiger partial charge in [-0.25, -0.2) is 0 Å². The Morgan fingerprint density at radius 1 is 0.938 bits per heavy atom. The Kier molecular flexibility index (Phi) is 11.0. The van der Waals surface area contributed by atoms with Gasteiger partial charge in [0, 0.05) is 52.6 Å². The second-order valence-electron chi connectivity index (χ2n) is 8.95. The van der Waals surface area contributed by atoms with Gasteiger partial charge in [-0.15, -0.1) is 0 Å². The molecule has 1 atom stereocenters. The summed E-state index contributed by atoms with van der Waals surface area (Å²) in [6.45, 7) is 9.70. The summed E-state index contributed by atoms with van der Waals surface area (Å²) in [5.41, 5.74) is 1.22. The highest BCUT2D eigenvalue weighted by Crippen LogP contribution is 2.12. The van der Waals surface area contributed by atoms with E-state index in [1.54, 1.807) is 7.05 Å². The second-order valence-corrected chi connectivity index (χ2v) is 8.95. The topological polar surface area (TPSA) is 77.0 Å². The molecule has 2 N–H and O–H groups in total. The van der Waals surface area contributed by atoms with Crippen LogP contribution in [0.25, 0.3) is 0 Å². The second kappa shape index (κ2) is 13.8. The molecule has 2 amide bonds. The van der Waals surface area contributed by atoms with Crippen LogP contribution in [0.2, 0.25) is 0 Å². The van der Waals surface area contributed by atoms with Crippen LogP contribution in [0.3, 0.4) is 0 Å². The van der Waals surface area contributed by atoms with Gasteiger partial charge in [0.15, 0.2) is 5.96 Å². The van der Waals surface area contributed by atoms with Gasteiger partial charge in [-0.1, -0.05) is 50.6 Å². The zero-order chi connectivity index (χ0) is 23.3. The molecule has 1 aliphatic heterocycles. The van der Waals surface area contributed by atoms with Gasteiger partial charge in [0.25, 0.3) is 0 Å². The number of nitrogens with one attached hydrogen (secondary N) is 2. The first-order valence-electron chi connectivity index (χ1n) is 12.0. The van der Waals surface area contributed by atoms with E-state index in [9.17, 15) is 9.59 Å². The Morgan fingerprint density at radius 2 is 1.56 bits per heavy atom. The first-order valence-corrected chi connectivity index (χ1v) is 12.0. The molecule has 2 rings (SSSR count). The minimum Gasteiger partial charge on any atom is -0.356 e. The molecule has 1 unspecified atom stereocenters. The maximum atomic E-state index is 12.5. The van der Waals surface area contributed by atoms with E-state index in [1.807, 2.05) is 28.0 Å². The minimum absolute atomic E-state index is 0.182. The molecule has 0 saturated carbocycles. The number of carbonyl (C=O) groups is 2. The quantitative estimate of drug-likeness (QED) is 0.331. The van der Waals surface area contributed by atoms with Crippen LogP contribution in [0.4, 0.5) is 0 Å². The number of hydrogen-bond donors (Lipinski definition) is 2. The van der Waals surface area contributed by atoms with Crippen LogP contribution in [0.15, 0.2) is 35.3 Å². The third-order valence-corrected chi connectivity index (χ3v) is 5.80. The smallest absolute Gasteiger partial charge is 0.222 e. The lowest BCUT2D eigenvalue weighted by atomic mass is 10.1. The maximum absolute atomic E-state index is 12.5. The Labute approximate surface area is 193 Å². The van der Waals surface area contributed by atoms with Crippen LogP contribution in [-0.2, 0) is 9.59 Å². The lowest BCUT2D eigenvalue weighted by molar-refractivity contribution is -0.140. The van der Waals surface area contributed by atoms with Gasteiger partial charge in [0.1, 0.15) is 0 Å². The van der Waals surface area contributed by atoms with Crippen LogP contribution in [-0.4, -0.2) is 67.3 Å². The number of benzene rings is 1. The van der Waals surface area contributed by atoms with Gasteiger partial charge >= 0.3 is 0 Å². The number of amides is 2. The zero-order valence-corrected chi connectivity index (χ0v) is 20.3. The maximum Gasteiger partial charge on any atom is 0.222 e. The van der Waals surface area contributed by atoms with E-state index < -0.39 is 0 Å². The highest BCUT2D eigenvalue weighted by atomic mass is 16.2. The molecule has 0 bridgehead atoms. The summed E-state index contributed by atoms with van der Waals surface area (Å²) >= 11 is 0. The Bertz CT molecular complexity index is 727. The summed E-state index contributed by atoms with van der Waals surface area (Å²) in [5, 5.41) is 6.76. The Balaban J connectivity index is 1.57. The van der Waals surface area contributed by atoms with Crippen molar-refractivity contribution < 1.29 is 9.59 Å². The van der Waals surface area contributed by atoms with Crippen molar-refractivity contribution in [3.63, 3.8) is 0 Å². The number of unbranched alkanes of at least 4 members (excludes halogenated alkanes) is 2. The van der Waals surface area contributed by atoms with Crippen molar-refractivity contribution in [2.75, 3.05) is 39.8 Å². The number of rotatable bonds is 10. The number of nitrogens with zero attached hydrogens (tertiary/aromatic N) is 3. The van der Waals surface area contributed by atoms with Gasteiger partial charge in [0.05, 0.1) is 6.04 Å². The number of aliphatic imine (C=N–C) groups is 1. The fourth-order valence-electron chi connectivity index (χ4n) is 3.85. The molecule has 1 saturated heterocycles. The van der Waals surface area contributed by atoms with Crippen molar-refractivity contribution in [3.05, 3.63) is 35.9 Å². The minimum atomic E-state index is 0.182. The summed E-state index contributed by atoms with van der Waals surface area (Å²) in [5.74, 6) is 1.59. The van der Waals surface area contributed by atoms with Crippen molar-refractivity contribution in [3.8, 4) is 0 Å². The molecule has 0 aromatic heterocycles. The predicted octanol–water partition coefficient (Wildman–Crippen LogP) is 3.19. The molecule has 0 spiro atoms. The van der Waals surface area contributed by atoms with Gasteiger partial charge in [0.2, 0.25) is 11.8 Å². The van der Waals surface area contributed by atoms with Crippen molar-refractivity contribution in [2.45, 2.75) is 58.9 Å². The molecule has 1 aliphatic rings. The lowest BCUT2D eigenvalue weighted by Gasteiger charge is -2.35. The highest BCUT2D eigenvalue weighted by molar-refractivity contribution is 5.80. The van der Waals surface area contributed by atoms with Gasteiger partial charge in [-0.05, 0) is 31.2 Å². The van der Waals surface area contributed by atoms with Gasteiger partial charge in [-0.2, -0.15) is 0 Å². The molecular weight excluding hydrogens is 402 g/mol. The molecule has 7 nitrogen and oxygen atoms in total. The summed E-state index contributed by atoms with van der Waals surface area (Å²) in [6, 6.07) is 10.5. The Hall–Kier alpha value is -2.57. The standard InChI is InChI=1S/C25H41N5O2/c1-20(2)19-24(32)30-17-15-29(16-18-30)23(31)13-9-6-10-14-27-25(26-4)28-21(3)22-11-7-5-8-12-22/h5,7-8,11-12,20-21H,6,9-10,13-19H2,1-4H3,(H2,26,27,28). The summed E-state index contributed by atoms with van der Waals surface area (Å²) in [4.78, 5) is 32.7. The molecule has 7 heteroatoms. The first-order chi connectivity index (χ1) is 15.4. The lowest BCUT2D eigenvalue weighted by Crippen LogP contribution is -2.50. The van der Waals surface area contributed by atoms with Crippen LogP contribution in [0, 0.1) is 5.92 Å². The molecule has 178 valence electrons. The van der Waals surface area contributed by atoms with Crippen LogP contribution < -0.4 is 10.6 Å². The van der Waals surface area contributed by atoms with Crippen LogP contribution in [0.1, 0.15) is 64.5 Å². The van der Waals surface area contributed by atoms with E-state index in [1.165, 1.54) is 5.56 Å². The SMILES string of the molecule is CN=C(NCCCCCC(=O)N1CCN(C(=O)CC(C)C)CC1)NC(C)c1ccccc1. The van der Waals surface area contributed by atoms with Crippen molar-refractivity contribution >= 4 is 17.8 Å². The molecule has 1 aromatic carbocycles. The molecule has 0 radical (unpaired) electrons. The van der Waals surface area contributed by atoms with E-state index >= 15 is 0 Å². The number of hydrogen-bond acceptors (Lipinski definition) is 3. The van der Waals surface area contributed by atoms with Crippen LogP contribution >= 0.6 is 0 Å². The Morgan fingerprint density at radius 3 is 2.16 bits per heavy atom.